The molecule has 1 saturated heterocycles. The standard InChI is InChI=1S/C16H26N4/c1-13-11-15(19-16(17-2)18-3)9-10-20(13)12-14-7-5-4-6-8-14/h4-8,13,15H,9-12H2,1-3H3,(H2,17,18,19). The van der Waals surface area contributed by atoms with Gasteiger partial charge in [-0.05, 0) is 25.3 Å². The molecule has 4 heteroatoms. The first-order valence-electron chi connectivity index (χ1n) is 7.42. The normalized spacial score (nSPS) is 24.4. The van der Waals surface area contributed by atoms with Crippen molar-refractivity contribution < 1.29 is 0 Å². The first kappa shape index (κ1) is 14.9. The fourth-order valence-corrected chi connectivity index (χ4v) is 2.85. The van der Waals surface area contributed by atoms with Crippen molar-refractivity contribution in [3.8, 4) is 0 Å². The van der Waals surface area contributed by atoms with Crippen LogP contribution in [0.5, 0.6) is 0 Å². The van der Waals surface area contributed by atoms with Crippen LogP contribution in [0, 0.1) is 0 Å². The van der Waals surface area contributed by atoms with Gasteiger partial charge in [-0.3, -0.25) is 9.89 Å². The highest BCUT2D eigenvalue weighted by atomic mass is 15.2. The van der Waals surface area contributed by atoms with Crippen molar-refractivity contribution in [2.75, 3.05) is 20.6 Å². The fraction of sp³-hybridized carbons (Fsp3) is 0.562. The Hall–Kier alpha value is -1.55. The zero-order valence-corrected chi connectivity index (χ0v) is 12.8. The van der Waals surface area contributed by atoms with Crippen LogP contribution >= 0.6 is 0 Å². The number of hydrogen-bond acceptors (Lipinski definition) is 2. The van der Waals surface area contributed by atoms with Crippen LogP contribution in [0.3, 0.4) is 0 Å². The molecule has 4 nitrogen and oxygen atoms in total. The average Bonchev–Trinajstić information content (AvgIpc) is 2.48. The summed E-state index contributed by atoms with van der Waals surface area (Å²) >= 11 is 0. The molecule has 2 rings (SSSR count). The van der Waals surface area contributed by atoms with Crippen molar-refractivity contribution in [2.24, 2.45) is 4.99 Å². The van der Waals surface area contributed by atoms with Crippen molar-refractivity contribution in [2.45, 2.75) is 38.4 Å². The number of rotatable bonds is 3. The van der Waals surface area contributed by atoms with Crippen LogP contribution in [0.15, 0.2) is 35.3 Å². The van der Waals surface area contributed by atoms with Gasteiger partial charge < -0.3 is 10.6 Å². The van der Waals surface area contributed by atoms with Gasteiger partial charge in [0.1, 0.15) is 0 Å². The first-order chi connectivity index (χ1) is 9.72. The highest BCUT2D eigenvalue weighted by Crippen LogP contribution is 2.19. The van der Waals surface area contributed by atoms with Gasteiger partial charge in [0.15, 0.2) is 5.96 Å². The van der Waals surface area contributed by atoms with Gasteiger partial charge in [0, 0.05) is 39.3 Å². The molecule has 20 heavy (non-hydrogen) atoms. The molecule has 0 aromatic heterocycles. The van der Waals surface area contributed by atoms with Gasteiger partial charge in [0.25, 0.3) is 0 Å². The summed E-state index contributed by atoms with van der Waals surface area (Å²) in [6, 6.07) is 11.8. The Morgan fingerprint density at radius 2 is 2.10 bits per heavy atom. The molecule has 0 radical (unpaired) electrons. The van der Waals surface area contributed by atoms with E-state index in [0.29, 0.717) is 12.1 Å². The van der Waals surface area contributed by atoms with Crippen molar-refractivity contribution in [3.05, 3.63) is 35.9 Å². The van der Waals surface area contributed by atoms with Gasteiger partial charge >= 0.3 is 0 Å². The minimum absolute atomic E-state index is 0.517. The number of benzene rings is 1. The smallest absolute Gasteiger partial charge is 0.190 e. The van der Waals surface area contributed by atoms with Crippen LogP contribution in [0.1, 0.15) is 25.3 Å². The number of guanidine groups is 1. The topological polar surface area (TPSA) is 39.7 Å². The van der Waals surface area contributed by atoms with E-state index < -0.39 is 0 Å². The van der Waals surface area contributed by atoms with Crippen LogP contribution < -0.4 is 10.6 Å². The molecule has 1 aromatic carbocycles. The maximum atomic E-state index is 4.19. The highest BCUT2D eigenvalue weighted by Gasteiger charge is 2.25. The number of likely N-dealkylation sites (tertiary alicyclic amines) is 1. The minimum atomic E-state index is 0.517. The van der Waals surface area contributed by atoms with E-state index in [9.17, 15) is 0 Å². The average molecular weight is 274 g/mol. The summed E-state index contributed by atoms with van der Waals surface area (Å²) in [5.74, 6) is 0.888. The quantitative estimate of drug-likeness (QED) is 0.652. The van der Waals surface area contributed by atoms with E-state index in [2.05, 4.69) is 57.8 Å². The van der Waals surface area contributed by atoms with Gasteiger partial charge in [0.2, 0.25) is 0 Å². The summed E-state index contributed by atoms with van der Waals surface area (Å²) in [4.78, 5) is 6.76. The molecule has 0 aliphatic carbocycles. The summed E-state index contributed by atoms with van der Waals surface area (Å²) < 4.78 is 0. The maximum absolute atomic E-state index is 4.19. The van der Waals surface area contributed by atoms with Crippen molar-refractivity contribution >= 4 is 5.96 Å². The third kappa shape index (κ3) is 3.97. The molecule has 2 N–H and O–H groups in total. The molecule has 1 aromatic rings. The molecule has 1 heterocycles. The predicted molar refractivity (Wildman–Crippen MR) is 84.9 cm³/mol. The lowest BCUT2D eigenvalue weighted by molar-refractivity contribution is 0.134. The molecular formula is C16H26N4. The highest BCUT2D eigenvalue weighted by molar-refractivity contribution is 5.79. The Morgan fingerprint density at radius 1 is 1.35 bits per heavy atom. The summed E-state index contributed by atoms with van der Waals surface area (Å²) in [6.07, 6.45) is 2.32. The monoisotopic (exact) mass is 274 g/mol. The Balaban J connectivity index is 1.86. The van der Waals surface area contributed by atoms with Crippen molar-refractivity contribution in [1.82, 2.24) is 15.5 Å². The summed E-state index contributed by atoms with van der Waals surface area (Å²) in [5, 5.41) is 6.57. The number of hydrogen-bond donors (Lipinski definition) is 2. The summed E-state index contributed by atoms with van der Waals surface area (Å²) in [5.41, 5.74) is 1.40. The maximum Gasteiger partial charge on any atom is 0.190 e. The van der Waals surface area contributed by atoms with Crippen LogP contribution in [0.2, 0.25) is 0 Å². The van der Waals surface area contributed by atoms with Gasteiger partial charge in [-0.1, -0.05) is 30.3 Å². The molecule has 1 aliphatic rings. The Kier molecular flexibility index (Phi) is 5.41. The fourth-order valence-electron chi connectivity index (χ4n) is 2.85. The zero-order chi connectivity index (χ0) is 14.4. The van der Waals surface area contributed by atoms with Crippen LogP contribution in [-0.2, 0) is 6.54 Å². The second-order valence-electron chi connectivity index (χ2n) is 5.49. The van der Waals surface area contributed by atoms with E-state index in [1.165, 1.54) is 5.56 Å². The molecular weight excluding hydrogens is 248 g/mol. The SMILES string of the molecule is CN=C(NC)NC1CCN(Cc2ccccc2)C(C)C1. The summed E-state index contributed by atoms with van der Waals surface area (Å²) in [6.45, 7) is 4.50. The van der Waals surface area contributed by atoms with E-state index in [4.69, 9.17) is 0 Å². The predicted octanol–water partition coefficient (Wildman–Crippen LogP) is 1.83. The van der Waals surface area contributed by atoms with Gasteiger partial charge in [-0.2, -0.15) is 0 Å². The minimum Gasteiger partial charge on any atom is -0.359 e. The second-order valence-corrected chi connectivity index (χ2v) is 5.49. The van der Waals surface area contributed by atoms with Crippen LogP contribution in [0.25, 0.3) is 0 Å². The van der Waals surface area contributed by atoms with Gasteiger partial charge in [0.05, 0.1) is 0 Å². The second kappa shape index (κ2) is 7.29. The number of nitrogens with one attached hydrogen (secondary N) is 2. The van der Waals surface area contributed by atoms with Crippen LogP contribution in [-0.4, -0.2) is 43.6 Å². The number of aliphatic imine (C=N–C) groups is 1. The summed E-state index contributed by atoms with van der Waals surface area (Å²) in [7, 11) is 3.72. The van der Waals surface area contributed by atoms with Gasteiger partial charge in [-0.15, -0.1) is 0 Å². The number of nitrogens with zero attached hydrogens (tertiary/aromatic N) is 2. The van der Waals surface area contributed by atoms with E-state index in [1.807, 2.05) is 14.1 Å². The molecule has 1 aliphatic heterocycles. The lowest BCUT2D eigenvalue weighted by atomic mass is 9.97. The Labute approximate surface area is 122 Å². The number of piperidine rings is 1. The Bertz CT molecular complexity index is 429. The van der Waals surface area contributed by atoms with Gasteiger partial charge in [-0.25, -0.2) is 0 Å². The largest absolute Gasteiger partial charge is 0.359 e. The van der Waals surface area contributed by atoms with Crippen molar-refractivity contribution in [1.29, 1.82) is 0 Å². The first-order valence-corrected chi connectivity index (χ1v) is 7.42. The third-order valence-corrected chi connectivity index (χ3v) is 4.04. The van der Waals surface area contributed by atoms with Crippen LogP contribution in [0.4, 0.5) is 0 Å². The molecule has 2 atom stereocenters. The molecule has 0 saturated carbocycles. The molecule has 1 fully saturated rings. The molecule has 110 valence electrons. The zero-order valence-electron chi connectivity index (χ0n) is 12.8. The molecule has 0 amide bonds. The van der Waals surface area contributed by atoms with E-state index >= 15 is 0 Å². The lowest BCUT2D eigenvalue weighted by Crippen LogP contribution is -2.50. The van der Waals surface area contributed by atoms with E-state index in [-0.39, 0.29) is 0 Å². The Morgan fingerprint density at radius 3 is 2.70 bits per heavy atom. The van der Waals surface area contributed by atoms with E-state index in [1.54, 1.807) is 0 Å². The molecule has 2 unspecified atom stereocenters. The lowest BCUT2D eigenvalue weighted by Gasteiger charge is -2.38. The third-order valence-electron chi connectivity index (χ3n) is 4.04. The van der Waals surface area contributed by atoms with Crippen molar-refractivity contribution in [3.63, 3.8) is 0 Å². The molecule has 0 spiro atoms. The molecule has 0 bridgehead atoms. The van der Waals surface area contributed by atoms with E-state index in [0.717, 1.165) is 31.9 Å².